The third-order valence-corrected chi connectivity index (χ3v) is 1.64. The number of aliphatic hydroxyl groups is 1. The molecule has 6 nitrogen and oxygen atoms in total. The number of hydrogen-bond donors (Lipinski definition) is 2. The molecule has 0 fully saturated rings. The van der Waals surface area contributed by atoms with Crippen LogP contribution in [-0.2, 0) is 4.74 Å². The highest BCUT2D eigenvalue weighted by molar-refractivity contribution is 5.20. The Morgan fingerprint density at radius 3 is 2.81 bits per heavy atom. The first-order chi connectivity index (χ1) is 7.47. The first-order valence-corrected chi connectivity index (χ1v) is 5.05. The Morgan fingerprint density at radius 1 is 1.44 bits per heavy atom. The quantitative estimate of drug-likeness (QED) is 0.545. The molecule has 1 aromatic rings. The Bertz CT molecular complexity index is 325. The van der Waals surface area contributed by atoms with Crippen LogP contribution in [0.4, 0.5) is 5.95 Å². The number of nitrogens with two attached hydrogens (primary N) is 1. The molecular weight excluding hydrogens is 210 g/mol. The lowest BCUT2D eigenvalue weighted by Crippen LogP contribution is -2.24. The van der Waals surface area contributed by atoms with E-state index in [2.05, 4.69) is 9.97 Å². The average molecular weight is 227 g/mol. The summed E-state index contributed by atoms with van der Waals surface area (Å²) in [5.74, 6) is -0.472. The van der Waals surface area contributed by atoms with Crippen LogP contribution in [0.5, 0.6) is 5.88 Å². The van der Waals surface area contributed by atoms with Gasteiger partial charge < -0.3 is 20.3 Å². The van der Waals surface area contributed by atoms with E-state index in [1.807, 2.05) is 0 Å². The fraction of sp³-hybridized carbons (Fsp3) is 0.600. The number of ether oxygens (including phenoxy) is 2. The van der Waals surface area contributed by atoms with Crippen LogP contribution in [-0.4, -0.2) is 34.1 Å². The predicted molar refractivity (Wildman–Crippen MR) is 58.8 cm³/mol. The highest BCUT2D eigenvalue weighted by atomic mass is 16.6. The zero-order valence-electron chi connectivity index (χ0n) is 9.51. The van der Waals surface area contributed by atoms with E-state index in [9.17, 15) is 5.11 Å². The molecule has 0 aliphatic heterocycles. The van der Waals surface area contributed by atoms with Crippen LogP contribution < -0.4 is 10.5 Å². The summed E-state index contributed by atoms with van der Waals surface area (Å²) >= 11 is 0. The van der Waals surface area contributed by atoms with E-state index in [0.717, 1.165) is 0 Å². The van der Waals surface area contributed by atoms with E-state index in [0.29, 0.717) is 25.5 Å². The van der Waals surface area contributed by atoms with Gasteiger partial charge in [-0.15, -0.1) is 0 Å². The number of nitrogen functional groups attached to an aromatic ring is 1. The SMILES string of the molecule is CC(C)(O)OCCCOc1ccnc(N)n1. The molecule has 0 aliphatic rings. The van der Waals surface area contributed by atoms with Crippen molar-refractivity contribution in [1.82, 2.24) is 9.97 Å². The van der Waals surface area contributed by atoms with Gasteiger partial charge >= 0.3 is 0 Å². The summed E-state index contributed by atoms with van der Waals surface area (Å²) in [6.45, 7) is 4.04. The molecule has 0 bridgehead atoms. The van der Waals surface area contributed by atoms with Crippen LogP contribution in [0.15, 0.2) is 12.3 Å². The summed E-state index contributed by atoms with van der Waals surface area (Å²) < 4.78 is 10.4. The normalized spacial score (nSPS) is 11.4. The topological polar surface area (TPSA) is 90.5 Å². The van der Waals surface area contributed by atoms with Crippen molar-refractivity contribution < 1.29 is 14.6 Å². The number of aromatic nitrogens is 2. The van der Waals surface area contributed by atoms with Crippen molar-refractivity contribution in [3.63, 3.8) is 0 Å². The van der Waals surface area contributed by atoms with E-state index >= 15 is 0 Å². The molecule has 1 aromatic heterocycles. The second-order valence-corrected chi connectivity index (χ2v) is 3.75. The fourth-order valence-corrected chi connectivity index (χ4v) is 0.994. The molecule has 0 radical (unpaired) electrons. The van der Waals surface area contributed by atoms with Crippen LogP contribution in [0.2, 0.25) is 0 Å². The van der Waals surface area contributed by atoms with E-state index in [1.165, 1.54) is 6.20 Å². The van der Waals surface area contributed by atoms with Crippen LogP contribution >= 0.6 is 0 Å². The maximum atomic E-state index is 9.27. The predicted octanol–water partition coefficient (Wildman–Crippen LogP) is 0.573. The maximum absolute atomic E-state index is 9.27. The van der Waals surface area contributed by atoms with Crippen molar-refractivity contribution in [3.05, 3.63) is 12.3 Å². The fourth-order valence-electron chi connectivity index (χ4n) is 0.994. The zero-order valence-corrected chi connectivity index (χ0v) is 9.51. The van der Waals surface area contributed by atoms with Gasteiger partial charge in [0.15, 0.2) is 5.79 Å². The summed E-state index contributed by atoms with van der Waals surface area (Å²) in [5.41, 5.74) is 5.39. The first kappa shape index (κ1) is 12.7. The van der Waals surface area contributed by atoms with Crippen LogP contribution in [0, 0.1) is 0 Å². The van der Waals surface area contributed by atoms with Gasteiger partial charge in [0.25, 0.3) is 0 Å². The van der Waals surface area contributed by atoms with Crippen molar-refractivity contribution in [2.75, 3.05) is 18.9 Å². The molecule has 0 aliphatic carbocycles. The smallest absolute Gasteiger partial charge is 0.223 e. The number of anilines is 1. The molecule has 1 rings (SSSR count). The largest absolute Gasteiger partial charge is 0.477 e. The monoisotopic (exact) mass is 227 g/mol. The molecule has 6 heteroatoms. The Hall–Kier alpha value is -1.40. The van der Waals surface area contributed by atoms with Gasteiger partial charge in [0.05, 0.1) is 13.2 Å². The highest BCUT2D eigenvalue weighted by Crippen LogP contribution is 2.07. The van der Waals surface area contributed by atoms with Crippen LogP contribution in [0.1, 0.15) is 20.3 Å². The number of nitrogens with zero attached hydrogens (tertiary/aromatic N) is 2. The van der Waals surface area contributed by atoms with Crippen molar-refractivity contribution in [3.8, 4) is 5.88 Å². The van der Waals surface area contributed by atoms with E-state index in [4.69, 9.17) is 15.2 Å². The molecule has 3 N–H and O–H groups in total. The Balaban J connectivity index is 2.17. The lowest BCUT2D eigenvalue weighted by atomic mass is 10.4. The highest BCUT2D eigenvalue weighted by Gasteiger charge is 2.11. The Kier molecular flexibility index (Phi) is 4.45. The van der Waals surface area contributed by atoms with E-state index in [1.54, 1.807) is 19.9 Å². The Morgan fingerprint density at radius 2 is 2.19 bits per heavy atom. The van der Waals surface area contributed by atoms with Crippen molar-refractivity contribution in [2.24, 2.45) is 0 Å². The third-order valence-electron chi connectivity index (χ3n) is 1.64. The number of hydrogen-bond acceptors (Lipinski definition) is 6. The van der Waals surface area contributed by atoms with Crippen molar-refractivity contribution >= 4 is 5.95 Å². The summed E-state index contributed by atoms with van der Waals surface area (Å²) in [6, 6.07) is 1.63. The summed E-state index contributed by atoms with van der Waals surface area (Å²) in [7, 11) is 0. The second kappa shape index (κ2) is 5.62. The zero-order chi connectivity index (χ0) is 12.0. The third kappa shape index (κ3) is 5.47. The average Bonchev–Trinajstić information content (AvgIpc) is 2.15. The molecular formula is C10H17N3O3. The second-order valence-electron chi connectivity index (χ2n) is 3.75. The van der Waals surface area contributed by atoms with Crippen LogP contribution in [0.25, 0.3) is 0 Å². The minimum atomic E-state index is -1.10. The summed E-state index contributed by atoms with van der Waals surface area (Å²) in [6.07, 6.45) is 2.19. The summed E-state index contributed by atoms with van der Waals surface area (Å²) in [4.78, 5) is 7.62. The van der Waals surface area contributed by atoms with Gasteiger partial charge in [-0.3, -0.25) is 0 Å². The van der Waals surface area contributed by atoms with Gasteiger partial charge in [-0.05, 0) is 13.8 Å². The Labute approximate surface area is 94.4 Å². The summed E-state index contributed by atoms with van der Waals surface area (Å²) in [5, 5.41) is 9.27. The van der Waals surface area contributed by atoms with Gasteiger partial charge in [-0.1, -0.05) is 0 Å². The molecule has 1 heterocycles. The van der Waals surface area contributed by atoms with Gasteiger partial charge in [-0.2, -0.15) is 4.98 Å². The first-order valence-electron chi connectivity index (χ1n) is 5.05. The molecule has 16 heavy (non-hydrogen) atoms. The standard InChI is InChI=1S/C10H17N3O3/c1-10(2,14)16-7-3-6-15-8-4-5-12-9(11)13-8/h4-5,14H,3,6-7H2,1-2H3,(H2,11,12,13). The van der Waals surface area contributed by atoms with Gasteiger partial charge in [0, 0.05) is 18.7 Å². The molecule has 0 amide bonds. The molecule has 0 saturated carbocycles. The minimum Gasteiger partial charge on any atom is -0.477 e. The van der Waals surface area contributed by atoms with Crippen molar-refractivity contribution in [1.29, 1.82) is 0 Å². The van der Waals surface area contributed by atoms with Gasteiger partial charge in [0.2, 0.25) is 11.8 Å². The van der Waals surface area contributed by atoms with Gasteiger partial charge in [0.1, 0.15) is 0 Å². The molecule has 90 valence electrons. The maximum Gasteiger partial charge on any atom is 0.223 e. The molecule has 0 spiro atoms. The van der Waals surface area contributed by atoms with E-state index < -0.39 is 5.79 Å². The lowest BCUT2D eigenvalue weighted by Gasteiger charge is -2.17. The molecule has 0 aromatic carbocycles. The van der Waals surface area contributed by atoms with Gasteiger partial charge in [-0.25, -0.2) is 4.98 Å². The molecule has 0 atom stereocenters. The number of rotatable bonds is 6. The molecule has 0 saturated heterocycles. The minimum absolute atomic E-state index is 0.185. The molecule has 0 unspecified atom stereocenters. The van der Waals surface area contributed by atoms with Crippen LogP contribution in [0.3, 0.4) is 0 Å². The lowest BCUT2D eigenvalue weighted by molar-refractivity contribution is -0.176. The van der Waals surface area contributed by atoms with E-state index in [-0.39, 0.29) is 5.95 Å². The van der Waals surface area contributed by atoms with Crippen molar-refractivity contribution in [2.45, 2.75) is 26.1 Å².